The number of nitrogens with zero attached hydrogens (tertiary/aromatic N) is 3. The average Bonchev–Trinajstić information content (AvgIpc) is 3.28. The van der Waals surface area contributed by atoms with Gasteiger partial charge in [0.1, 0.15) is 5.56 Å². The van der Waals surface area contributed by atoms with E-state index in [1.807, 2.05) is 36.4 Å². The lowest BCUT2D eigenvalue weighted by atomic mass is 9.99. The summed E-state index contributed by atoms with van der Waals surface area (Å²) in [6, 6.07) is 14.7. The van der Waals surface area contributed by atoms with Crippen molar-refractivity contribution >= 4 is 11.9 Å². The van der Waals surface area contributed by atoms with Crippen molar-refractivity contribution in [2.45, 2.75) is 6.92 Å². The number of ether oxygens (including phenoxy) is 3. The number of hydrogen-bond acceptors (Lipinski definition) is 8. The van der Waals surface area contributed by atoms with Crippen molar-refractivity contribution in [3.05, 3.63) is 65.9 Å². The quantitative estimate of drug-likeness (QED) is 0.506. The number of morpholine rings is 1. The predicted octanol–water partition coefficient (Wildman–Crippen LogP) is 3.13. The van der Waals surface area contributed by atoms with Crippen LogP contribution in [0.3, 0.4) is 0 Å². The van der Waals surface area contributed by atoms with Crippen LogP contribution in [0.2, 0.25) is 0 Å². The molecule has 3 aromatic rings. The van der Waals surface area contributed by atoms with Crippen molar-refractivity contribution < 1.29 is 28.6 Å². The summed E-state index contributed by atoms with van der Waals surface area (Å²) in [5.74, 6) is -0.629. The second-order valence-electron chi connectivity index (χ2n) is 7.21. The van der Waals surface area contributed by atoms with Crippen molar-refractivity contribution in [3.8, 4) is 22.7 Å². The number of benzene rings is 2. The molecule has 0 N–H and O–H groups in total. The summed E-state index contributed by atoms with van der Waals surface area (Å²) in [5, 5.41) is 6.11. The Morgan fingerprint density at radius 3 is 2.42 bits per heavy atom. The smallest absolute Gasteiger partial charge is 0.345 e. The van der Waals surface area contributed by atoms with Gasteiger partial charge in [0, 0.05) is 0 Å². The van der Waals surface area contributed by atoms with Gasteiger partial charge in [0.25, 0.3) is 5.88 Å². The number of hydroxylamine groups is 2. The molecule has 0 bridgehead atoms. The van der Waals surface area contributed by atoms with Crippen molar-refractivity contribution in [3.63, 3.8) is 0 Å². The number of carbonyl (C=O) groups excluding carboxylic acids is 2. The molecule has 1 saturated heterocycles. The third kappa shape index (κ3) is 4.89. The second kappa shape index (κ2) is 10.3. The topological polar surface area (TPSA) is 92.1 Å². The van der Waals surface area contributed by atoms with Gasteiger partial charge in [-0.1, -0.05) is 30.3 Å². The zero-order chi connectivity index (χ0) is 23.2. The van der Waals surface area contributed by atoms with Gasteiger partial charge in [-0.3, -0.25) is 0 Å². The van der Waals surface area contributed by atoms with Gasteiger partial charge in [0.15, 0.2) is 0 Å². The molecule has 0 unspecified atom stereocenters. The first-order valence-corrected chi connectivity index (χ1v) is 10.7. The second-order valence-corrected chi connectivity index (χ2v) is 7.21. The van der Waals surface area contributed by atoms with Crippen LogP contribution in [0.5, 0.6) is 5.88 Å². The number of hydrogen-bond donors (Lipinski definition) is 0. The van der Waals surface area contributed by atoms with Crippen LogP contribution in [-0.4, -0.2) is 66.8 Å². The molecule has 1 fully saturated rings. The lowest BCUT2D eigenvalue weighted by Crippen LogP contribution is -2.39. The van der Waals surface area contributed by atoms with E-state index in [2.05, 4.69) is 5.10 Å². The van der Waals surface area contributed by atoms with Gasteiger partial charge in [0.2, 0.25) is 0 Å². The Kier molecular flexibility index (Phi) is 7.01. The Bertz CT molecular complexity index is 1120. The SMILES string of the molecule is CCOC(=O)c1cnn(-c2ccc(-c3ccccc3C(=O)OC)cc2)c1ON1CCOCC1. The van der Waals surface area contributed by atoms with E-state index in [0.717, 1.165) is 11.1 Å². The summed E-state index contributed by atoms with van der Waals surface area (Å²) in [6.07, 6.45) is 1.44. The van der Waals surface area contributed by atoms with E-state index >= 15 is 0 Å². The van der Waals surface area contributed by atoms with Crippen LogP contribution in [0.15, 0.2) is 54.7 Å². The molecule has 0 saturated carbocycles. The van der Waals surface area contributed by atoms with Crippen LogP contribution in [-0.2, 0) is 14.2 Å². The molecule has 0 aliphatic carbocycles. The summed E-state index contributed by atoms with van der Waals surface area (Å²) in [5.41, 5.74) is 3.01. The summed E-state index contributed by atoms with van der Waals surface area (Å²) in [7, 11) is 1.36. The van der Waals surface area contributed by atoms with Crippen molar-refractivity contribution in [2.24, 2.45) is 0 Å². The summed E-state index contributed by atoms with van der Waals surface area (Å²) in [6.45, 7) is 4.20. The van der Waals surface area contributed by atoms with E-state index in [1.165, 1.54) is 13.3 Å². The van der Waals surface area contributed by atoms with E-state index in [0.29, 0.717) is 37.6 Å². The van der Waals surface area contributed by atoms with Crippen molar-refractivity contribution in [1.29, 1.82) is 0 Å². The van der Waals surface area contributed by atoms with Crippen LogP contribution in [0, 0.1) is 0 Å². The minimum Gasteiger partial charge on any atom is -0.465 e. The highest BCUT2D eigenvalue weighted by molar-refractivity contribution is 5.97. The number of esters is 2. The molecule has 0 spiro atoms. The molecule has 2 aromatic carbocycles. The molecule has 172 valence electrons. The van der Waals surface area contributed by atoms with Gasteiger partial charge in [-0.05, 0) is 36.2 Å². The van der Waals surface area contributed by atoms with Gasteiger partial charge in [-0.2, -0.15) is 9.78 Å². The zero-order valence-electron chi connectivity index (χ0n) is 18.5. The lowest BCUT2D eigenvalue weighted by molar-refractivity contribution is -0.122. The van der Waals surface area contributed by atoms with Crippen LogP contribution in [0.25, 0.3) is 16.8 Å². The summed E-state index contributed by atoms with van der Waals surface area (Å²) < 4.78 is 17.0. The van der Waals surface area contributed by atoms with Crippen molar-refractivity contribution in [1.82, 2.24) is 14.8 Å². The minimum absolute atomic E-state index is 0.239. The molecular weight excluding hydrogens is 426 g/mol. The Morgan fingerprint density at radius 1 is 1.00 bits per heavy atom. The highest BCUT2D eigenvalue weighted by Gasteiger charge is 2.25. The molecule has 2 heterocycles. The first-order chi connectivity index (χ1) is 16.1. The predicted molar refractivity (Wildman–Crippen MR) is 119 cm³/mol. The first-order valence-electron chi connectivity index (χ1n) is 10.7. The molecule has 0 radical (unpaired) electrons. The standard InChI is InChI=1S/C24H25N3O6/c1-3-32-24(29)21-16-25-27(22(21)33-26-12-14-31-15-13-26)18-10-8-17(9-11-18)19-6-4-5-7-20(19)23(28)30-2/h4-11,16H,3,12-15H2,1-2H3. The largest absolute Gasteiger partial charge is 0.465 e. The van der Waals surface area contributed by atoms with Crippen molar-refractivity contribution in [2.75, 3.05) is 40.0 Å². The fraction of sp³-hybridized carbons (Fsp3) is 0.292. The van der Waals surface area contributed by atoms with Gasteiger partial charge < -0.3 is 19.0 Å². The number of methoxy groups -OCH3 is 1. The summed E-state index contributed by atoms with van der Waals surface area (Å²) >= 11 is 0. The number of aromatic nitrogens is 2. The molecule has 1 aliphatic heterocycles. The maximum atomic E-state index is 12.5. The maximum Gasteiger partial charge on any atom is 0.345 e. The monoisotopic (exact) mass is 451 g/mol. The van der Waals surface area contributed by atoms with Gasteiger partial charge in [-0.25, -0.2) is 9.59 Å². The Labute approximate surface area is 191 Å². The van der Waals surface area contributed by atoms with E-state index in [4.69, 9.17) is 19.0 Å². The van der Waals surface area contributed by atoms with Crippen LogP contribution >= 0.6 is 0 Å². The fourth-order valence-corrected chi connectivity index (χ4v) is 3.52. The fourth-order valence-electron chi connectivity index (χ4n) is 3.52. The van der Waals surface area contributed by atoms with Crippen LogP contribution < -0.4 is 4.84 Å². The van der Waals surface area contributed by atoms with Gasteiger partial charge in [-0.15, -0.1) is 5.06 Å². The molecule has 9 nitrogen and oxygen atoms in total. The molecule has 0 atom stereocenters. The lowest BCUT2D eigenvalue weighted by Gasteiger charge is -2.26. The molecule has 1 aromatic heterocycles. The van der Waals surface area contributed by atoms with E-state index in [1.54, 1.807) is 28.8 Å². The zero-order valence-corrected chi connectivity index (χ0v) is 18.5. The Balaban J connectivity index is 1.68. The molecule has 33 heavy (non-hydrogen) atoms. The molecule has 9 heteroatoms. The van der Waals surface area contributed by atoms with Gasteiger partial charge >= 0.3 is 11.9 Å². The number of carbonyl (C=O) groups is 2. The third-order valence-corrected chi connectivity index (χ3v) is 5.16. The van der Waals surface area contributed by atoms with E-state index in [9.17, 15) is 9.59 Å². The Hall–Kier alpha value is -3.69. The average molecular weight is 451 g/mol. The third-order valence-electron chi connectivity index (χ3n) is 5.16. The Morgan fingerprint density at radius 2 is 1.73 bits per heavy atom. The molecule has 0 amide bonds. The molecule has 4 rings (SSSR count). The minimum atomic E-state index is -0.504. The van der Waals surface area contributed by atoms with E-state index in [-0.39, 0.29) is 18.1 Å². The van der Waals surface area contributed by atoms with Crippen LogP contribution in [0.4, 0.5) is 0 Å². The highest BCUT2D eigenvalue weighted by atomic mass is 16.7. The molecule has 1 aliphatic rings. The van der Waals surface area contributed by atoms with E-state index < -0.39 is 11.9 Å². The first kappa shape index (κ1) is 22.5. The molecular formula is C24H25N3O6. The van der Waals surface area contributed by atoms with Gasteiger partial charge in [0.05, 0.1) is 57.5 Å². The summed E-state index contributed by atoms with van der Waals surface area (Å²) in [4.78, 5) is 30.7. The number of rotatable bonds is 7. The normalized spacial score (nSPS) is 14.0. The maximum absolute atomic E-state index is 12.5. The van der Waals surface area contributed by atoms with Crippen LogP contribution in [0.1, 0.15) is 27.6 Å². The highest BCUT2D eigenvalue weighted by Crippen LogP contribution is 2.28.